The van der Waals surface area contributed by atoms with Gasteiger partial charge in [-0.05, 0) is 47.1 Å². The van der Waals surface area contributed by atoms with Crippen LogP contribution in [0.2, 0.25) is 0 Å². The molecule has 3 heterocycles. The lowest BCUT2D eigenvalue weighted by Gasteiger charge is -2.18. The first-order valence-corrected chi connectivity index (χ1v) is 9.55. The SMILES string of the molecule is CCC1CCc2nc(NC(=O)c3sccc3-n3cnnn3)sc2C1. The molecule has 24 heavy (non-hydrogen) atoms. The number of tetrazole rings is 1. The van der Waals surface area contributed by atoms with E-state index in [1.165, 1.54) is 40.1 Å². The summed E-state index contributed by atoms with van der Waals surface area (Å²) in [6.07, 6.45) is 5.95. The van der Waals surface area contributed by atoms with Crippen molar-refractivity contribution in [3.63, 3.8) is 0 Å². The highest BCUT2D eigenvalue weighted by atomic mass is 32.1. The first kappa shape index (κ1) is 15.4. The molecule has 3 aromatic rings. The highest BCUT2D eigenvalue weighted by Crippen LogP contribution is 2.34. The second-order valence-corrected chi connectivity index (χ2v) is 7.75. The van der Waals surface area contributed by atoms with Gasteiger partial charge in [-0.1, -0.05) is 13.3 Å². The lowest BCUT2D eigenvalue weighted by Crippen LogP contribution is -2.13. The van der Waals surface area contributed by atoms with Crippen LogP contribution in [0.25, 0.3) is 5.69 Å². The zero-order chi connectivity index (χ0) is 16.5. The molecule has 0 aromatic carbocycles. The Morgan fingerprint density at radius 1 is 1.50 bits per heavy atom. The van der Waals surface area contributed by atoms with Crippen molar-refractivity contribution >= 4 is 33.7 Å². The van der Waals surface area contributed by atoms with Crippen LogP contribution < -0.4 is 5.32 Å². The van der Waals surface area contributed by atoms with E-state index in [-0.39, 0.29) is 5.91 Å². The first-order chi connectivity index (χ1) is 11.7. The number of anilines is 1. The zero-order valence-corrected chi connectivity index (χ0v) is 14.7. The van der Waals surface area contributed by atoms with Gasteiger partial charge in [-0.3, -0.25) is 10.1 Å². The number of thiazole rings is 1. The molecular formula is C15H16N6OS2. The van der Waals surface area contributed by atoms with Gasteiger partial charge in [-0.2, -0.15) is 4.68 Å². The van der Waals surface area contributed by atoms with Crippen molar-refractivity contribution < 1.29 is 4.79 Å². The standard InChI is InChI=1S/C15H16N6OS2/c1-2-9-3-4-10-12(7-9)24-15(17-10)18-14(22)13-11(5-6-23-13)21-8-16-19-20-21/h5-6,8-9H,2-4,7H2,1H3,(H,17,18,22). The van der Waals surface area contributed by atoms with Gasteiger partial charge in [0, 0.05) is 4.88 Å². The number of thiophene rings is 1. The maximum atomic E-state index is 12.6. The Bertz CT molecular complexity index is 853. The van der Waals surface area contributed by atoms with Crippen molar-refractivity contribution in [3.05, 3.63) is 33.2 Å². The van der Waals surface area contributed by atoms with Gasteiger partial charge in [0.2, 0.25) is 0 Å². The van der Waals surface area contributed by atoms with E-state index in [1.807, 2.05) is 11.4 Å². The summed E-state index contributed by atoms with van der Waals surface area (Å²) < 4.78 is 1.49. The van der Waals surface area contributed by atoms with Crippen LogP contribution in [0.3, 0.4) is 0 Å². The van der Waals surface area contributed by atoms with Crippen LogP contribution in [0.1, 0.15) is 40.0 Å². The van der Waals surface area contributed by atoms with E-state index in [9.17, 15) is 4.79 Å². The summed E-state index contributed by atoms with van der Waals surface area (Å²) >= 11 is 2.96. The molecule has 0 aliphatic heterocycles. The molecule has 0 saturated heterocycles. The molecule has 0 saturated carbocycles. The highest BCUT2D eigenvalue weighted by Gasteiger charge is 2.23. The van der Waals surface area contributed by atoms with Gasteiger partial charge in [0.25, 0.3) is 5.91 Å². The molecule has 1 atom stereocenters. The number of fused-ring (bicyclic) bond motifs is 1. The van der Waals surface area contributed by atoms with Gasteiger partial charge >= 0.3 is 0 Å². The minimum Gasteiger partial charge on any atom is -0.297 e. The van der Waals surface area contributed by atoms with E-state index in [4.69, 9.17) is 0 Å². The molecule has 0 spiro atoms. The number of nitrogens with one attached hydrogen (secondary N) is 1. The summed E-state index contributed by atoms with van der Waals surface area (Å²) in [5.41, 5.74) is 1.82. The molecule has 3 aromatic heterocycles. The number of aromatic nitrogens is 5. The molecule has 1 amide bonds. The topological polar surface area (TPSA) is 85.6 Å². The first-order valence-electron chi connectivity index (χ1n) is 7.85. The second kappa shape index (κ2) is 6.40. The minimum absolute atomic E-state index is 0.173. The van der Waals surface area contributed by atoms with E-state index in [2.05, 4.69) is 32.7 Å². The Balaban J connectivity index is 1.54. The van der Waals surface area contributed by atoms with Gasteiger partial charge in [-0.15, -0.1) is 27.8 Å². The molecule has 0 bridgehead atoms. The number of carbonyl (C=O) groups excluding carboxylic acids is 1. The third-order valence-corrected chi connectivity index (χ3v) is 6.22. The average Bonchev–Trinajstić information content (AvgIpc) is 3.32. The Morgan fingerprint density at radius 2 is 2.42 bits per heavy atom. The van der Waals surface area contributed by atoms with Crippen molar-refractivity contribution in [1.29, 1.82) is 0 Å². The maximum Gasteiger partial charge on any atom is 0.269 e. The van der Waals surface area contributed by atoms with Crippen LogP contribution in [0.4, 0.5) is 5.13 Å². The number of nitrogens with zero attached hydrogens (tertiary/aromatic N) is 5. The van der Waals surface area contributed by atoms with Gasteiger partial charge in [0.1, 0.15) is 11.2 Å². The largest absolute Gasteiger partial charge is 0.297 e. The molecule has 0 fully saturated rings. The summed E-state index contributed by atoms with van der Waals surface area (Å²) in [4.78, 5) is 19.1. The van der Waals surface area contributed by atoms with Gasteiger partial charge in [-0.25, -0.2) is 4.98 Å². The quantitative estimate of drug-likeness (QED) is 0.773. The Hall–Kier alpha value is -2.13. The summed E-state index contributed by atoms with van der Waals surface area (Å²) in [5.74, 6) is 0.568. The van der Waals surface area contributed by atoms with Gasteiger partial charge in [0.05, 0.1) is 11.4 Å². The number of hydrogen-bond donors (Lipinski definition) is 1. The molecule has 9 heteroatoms. The third kappa shape index (κ3) is 2.84. The molecule has 0 radical (unpaired) electrons. The fourth-order valence-electron chi connectivity index (χ4n) is 2.92. The Labute approximate surface area is 146 Å². The lowest BCUT2D eigenvalue weighted by molar-refractivity contribution is 0.103. The predicted octanol–water partition coefficient (Wildman–Crippen LogP) is 2.95. The smallest absolute Gasteiger partial charge is 0.269 e. The van der Waals surface area contributed by atoms with Crippen LogP contribution in [0.15, 0.2) is 17.8 Å². The van der Waals surface area contributed by atoms with E-state index in [1.54, 1.807) is 11.3 Å². The predicted molar refractivity (Wildman–Crippen MR) is 92.9 cm³/mol. The molecule has 1 aliphatic rings. The van der Waals surface area contributed by atoms with Crippen LogP contribution in [0.5, 0.6) is 0 Å². The summed E-state index contributed by atoms with van der Waals surface area (Å²) in [5, 5.41) is 16.5. The Kier molecular flexibility index (Phi) is 4.11. The van der Waals surface area contributed by atoms with Gasteiger partial charge in [0.15, 0.2) is 5.13 Å². The summed E-state index contributed by atoms with van der Waals surface area (Å²) in [6.45, 7) is 2.23. The van der Waals surface area contributed by atoms with Crippen molar-refractivity contribution in [2.45, 2.75) is 32.6 Å². The van der Waals surface area contributed by atoms with Crippen molar-refractivity contribution in [3.8, 4) is 5.69 Å². The zero-order valence-electron chi connectivity index (χ0n) is 13.1. The van der Waals surface area contributed by atoms with Crippen LogP contribution in [0, 0.1) is 5.92 Å². The third-order valence-electron chi connectivity index (χ3n) is 4.29. The van der Waals surface area contributed by atoms with E-state index in [0.717, 1.165) is 24.5 Å². The van der Waals surface area contributed by atoms with E-state index in [0.29, 0.717) is 15.7 Å². The molecular weight excluding hydrogens is 344 g/mol. The number of aryl methyl sites for hydroxylation is 1. The summed E-state index contributed by atoms with van der Waals surface area (Å²) in [7, 11) is 0. The number of rotatable bonds is 4. The number of hydrogen-bond acceptors (Lipinski definition) is 7. The van der Waals surface area contributed by atoms with E-state index < -0.39 is 0 Å². The van der Waals surface area contributed by atoms with Crippen molar-refractivity contribution in [2.75, 3.05) is 5.32 Å². The molecule has 4 rings (SSSR count). The minimum atomic E-state index is -0.173. The highest BCUT2D eigenvalue weighted by molar-refractivity contribution is 7.16. The fourth-order valence-corrected chi connectivity index (χ4v) is 4.81. The maximum absolute atomic E-state index is 12.6. The lowest BCUT2D eigenvalue weighted by atomic mass is 9.89. The Morgan fingerprint density at radius 3 is 3.21 bits per heavy atom. The van der Waals surface area contributed by atoms with E-state index >= 15 is 0 Å². The number of carbonyl (C=O) groups is 1. The molecule has 1 N–H and O–H groups in total. The van der Waals surface area contributed by atoms with Crippen molar-refractivity contribution in [1.82, 2.24) is 25.2 Å². The normalized spacial score (nSPS) is 16.8. The molecule has 1 unspecified atom stereocenters. The number of amides is 1. The molecule has 1 aliphatic carbocycles. The average molecular weight is 360 g/mol. The summed E-state index contributed by atoms with van der Waals surface area (Å²) in [6, 6.07) is 1.83. The monoisotopic (exact) mass is 360 g/mol. The van der Waals surface area contributed by atoms with Crippen LogP contribution in [-0.2, 0) is 12.8 Å². The molecule has 7 nitrogen and oxygen atoms in total. The van der Waals surface area contributed by atoms with Crippen molar-refractivity contribution in [2.24, 2.45) is 5.92 Å². The fraction of sp³-hybridized carbons (Fsp3) is 0.400. The second-order valence-electron chi connectivity index (χ2n) is 5.75. The van der Waals surface area contributed by atoms with Crippen LogP contribution >= 0.6 is 22.7 Å². The van der Waals surface area contributed by atoms with Crippen LogP contribution in [-0.4, -0.2) is 31.1 Å². The van der Waals surface area contributed by atoms with Gasteiger partial charge < -0.3 is 0 Å². The molecule has 124 valence electrons.